The second-order valence-electron chi connectivity index (χ2n) is 9.69. The van der Waals surface area contributed by atoms with Crippen molar-refractivity contribution in [3.05, 3.63) is 122 Å². The first kappa shape index (κ1) is 25.2. The van der Waals surface area contributed by atoms with Crippen LogP contribution in [0.2, 0.25) is 0 Å². The summed E-state index contributed by atoms with van der Waals surface area (Å²) >= 11 is 3.70. The molecule has 6 heteroatoms. The molecule has 188 valence electrons. The number of carbonyl (C=O) groups is 1. The van der Waals surface area contributed by atoms with E-state index in [4.69, 9.17) is 0 Å². The van der Waals surface area contributed by atoms with Crippen molar-refractivity contribution < 1.29 is 4.79 Å². The van der Waals surface area contributed by atoms with Crippen LogP contribution >= 0.6 is 15.9 Å². The molecule has 4 aromatic rings. The van der Waals surface area contributed by atoms with E-state index in [1.807, 2.05) is 24.3 Å². The fourth-order valence-electron chi connectivity index (χ4n) is 4.98. The first-order valence-electron chi connectivity index (χ1n) is 12.6. The third-order valence-corrected chi connectivity index (χ3v) is 8.10. The number of fused-ring (bicyclic) bond motifs is 1. The molecule has 1 aromatic heterocycles. The van der Waals surface area contributed by atoms with Crippen molar-refractivity contribution in [3.8, 4) is 5.69 Å². The van der Waals surface area contributed by atoms with Crippen LogP contribution in [0.5, 0.6) is 0 Å². The van der Waals surface area contributed by atoms with E-state index in [0.717, 1.165) is 53.2 Å². The van der Waals surface area contributed by atoms with Crippen molar-refractivity contribution in [3.63, 3.8) is 0 Å². The van der Waals surface area contributed by atoms with Gasteiger partial charge < -0.3 is 4.57 Å². The highest BCUT2D eigenvalue weighted by Gasteiger charge is 2.17. The lowest BCUT2D eigenvalue weighted by Gasteiger charge is -2.28. The Labute approximate surface area is 227 Å². The lowest BCUT2D eigenvalue weighted by atomic mass is 9.99. The number of aryl methyl sites for hydroxylation is 1. The first-order valence-corrected chi connectivity index (χ1v) is 13.4. The molecule has 37 heavy (non-hydrogen) atoms. The summed E-state index contributed by atoms with van der Waals surface area (Å²) in [7, 11) is 0. The molecule has 5 nitrogen and oxygen atoms in total. The van der Waals surface area contributed by atoms with E-state index in [2.05, 4.69) is 105 Å². The van der Waals surface area contributed by atoms with E-state index in [1.165, 1.54) is 22.3 Å². The van der Waals surface area contributed by atoms with Crippen LogP contribution < -0.4 is 5.43 Å². The number of nitrogens with one attached hydrogen (secondary N) is 1. The van der Waals surface area contributed by atoms with Gasteiger partial charge in [-0.25, -0.2) is 5.43 Å². The van der Waals surface area contributed by atoms with Crippen LogP contribution in [0, 0.1) is 20.8 Å². The maximum atomic E-state index is 12.7. The van der Waals surface area contributed by atoms with Gasteiger partial charge >= 0.3 is 0 Å². The van der Waals surface area contributed by atoms with Gasteiger partial charge in [-0.3, -0.25) is 9.69 Å². The molecule has 0 bridgehead atoms. The summed E-state index contributed by atoms with van der Waals surface area (Å²) in [6.45, 7) is 9.09. The number of hydrogen-bond acceptors (Lipinski definition) is 3. The Morgan fingerprint density at radius 3 is 2.38 bits per heavy atom. The van der Waals surface area contributed by atoms with Crippen molar-refractivity contribution in [2.75, 3.05) is 6.54 Å². The fraction of sp³-hybridized carbons (Fsp3) is 0.226. The van der Waals surface area contributed by atoms with Crippen LogP contribution in [0.3, 0.4) is 0 Å². The first-order chi connectivity index (χ1) is 17.9. The molecular formula is C31H31BrN4O. The number of amides is 1. The van der Waals surface area contributed by atoms with Crippen LogP contribution in [0.15, 0.2) is 82.4 Å². The number of halogens is 1. The summed E-state index contributed by atoms with van der Waals surface area (Å²) in [4.78, 5) is 15.2. The minimum Gasteiger partial charge on any atom is -0.317 e. The molecule has 0 radical (unpaired) electrons. The third kappa shape index (κ3) is 5.45. The molecule has 0 unspecified atom stereocenters. The largest absolute Gasteiger partial charge is 0.317 e. The minimum absolute atomic E-state index is 0.224. The highest BCUT2D eigenvalue weighted by Crippen LogP contribution is 2.29. The Balaban J connectivity index is 1.22. The lowest BCUT2D eigenvalue weighted by Crippen LogP contribution is -2.30. The van der Waals surface area contributed by atoms with E-state index in [9.17, 15) is 4.79 Å². The van der Waals surface area contributed by atoms with E-state index >= 15 is 0 Å². The molecule has 0 aliphatic carbocycles. The van der Waals surface area contributed by atoms with Gasteiger partial charge in [0, 0.05) is 52.3 Å². The van der Waals surface area contributed by atoms with Crippen LogP contribution in [0.1, 0.15) is 49.6 Å². The average Bonchev–Trinajstić information content (AvgIpc) is 3.12. The summed E-state index contributed by atoms with van der Waals surface area (Å²) in [6, 6.07) is 24.9. The van der Waals surface area contributed by atoms with Crippen LogP contribution in [0.4, 0.5) is 0 Å². The molecule has 3 aromatic carbocycles. The topological polar surface area (TPSA) is 49.6 Å². The molecule has 5 rings (SSSR count). The maximum absolute atomic E-state index is 12.7. The van der Waals surface area contributed by atoms with Crippen LogP contribution in [-0.4, -0.2) is 28.1 Å². The smallest absolute Gasteiger partial charge is 0.271 e. The molecule has 1 aliphatic heterocycles. The SMILES string of the molecule is Cc1ccc(-n2c(C)c(Br)c(/C=N\NC(=O)c3ccc(CN4CCc5ccccc5C4)cc3)c2C)cc1. The number of benzene rings is 3. The van der Waals surface area contributed by atoms with Gasteiger partial charge in [0.2, 0.25) is 0 Å². The van der Waals surface area contributed by atoms with E-state index in [1.54, 1.807) is 6.21 Å². The fourth-order valence-corrected chi connectivity index (χ4v) is 5.55. The molecule has 1 amide bonds. The second kappa shape index (κ2) is 10.9. The molecule has 1 N–H and O–H groups in total. The Kier molecular flexibility index (Phi) is 7.40. The highest BCUT2D eigenvalue weighted by molar-refractivity contribution is 9.10. The van der Waals surface area contributed by atoms with E-state index in [0.29, 0.717) is 5.56 Å². The molecule has 1 aliphatic rings. The Hall–Kier alpha value is -3.48. The molecule has 0 fully saturated rings. The van der Waals surface area contributed by atoms with Gasteiger partial charge in [-0.15, -0.1) is 0 Å². The van der Waals surface area contributed by atoms with Crippen molar-refractivity contribution in [1.29, 1.82) is 0 Å². The summed E-state index contributed by atoms with van der Waals surface area (Å²) in [5.41, 5.74) is 12.7. The standard InChI is InChI=1S/C31H31BrN4O/c1-21-8-14-28(15-9-21)36-22(2)29(30(32)23(36)3)18-33-34-31(37)26-12-10-24(11-13-26)19-35-17-16-25-6-4-5-7-27(25)20-35/h4-15,18H,16-17,19-20H2,1-3H3,(H,34,37)/b33-18-. The Morgan fingerprint density at radius 2 is 1.65 bits per heavy atom. The predicted molar refractivity (Wildman–Crippen MR) is 153 cm³/mol. The summed E-state index contributed by atoms with van der Waals surface area (Å²) in [5.74, 6) is -0.224. The molecule has 0 spiro atoms. The Bertz CT molecular complexity index is 1450. The van der Waals surface area contributed by atoms with Gasteiger partial charge in [0.05, 0.1) is 6.21 Å². The number of rotatable bonds is 6. The third-order valence-electron chi connectivity index (χ3n) is 7.10. The Morgan fingerprint density at radius 1 is 0.946 bits per heavy atom. The molecule has 2 heterocycles. The molecule has 0 saturated carbocycles. The van der Waals surface area contributed by atoms with Crippen molar-refractivity contribution >= 4 is 28.1 Å². The minimum atomic E-state index is -0.224. The van der Waals surface area contributed by atoms with Gasteiger partial charge in [0.15, 0.2) is 0 Å². The van der Waals surface area contributed by atoms with Crippen molar-refractivity contribution in [2.24, 2.45) is 5.10 Å². The molecule has 0 saturated heterocycles. The van der Waals surface area contributed by atoms with Gasteiger partial charge in [0.1, 0.15) is 0 Å². The quantitative estimate of drug-likeness (QED) is 0.219. The monoisotopic (exact) mass is 554 g/mol. The zero-order chi connectivity index (χ0) is 25.9. The number of hydrazone groups is 1. The normalized spacial score (nSPS) is 13.6. The van der Waals surface area contributed by atoms with Gasteiger partial charge in [-0.1, -0.05) is 54.1 Å². The van der Waals surface area contributed by atoms with Crippen molar-refractivity contribution in [1.82, 2.24) is 14.9 Å². The predicted octanol–water partition coefficient (Wildman–Crippen LogP) is 6.49. The van der Waals surface area contributed by atoms with E-state index < -0.39 is 0 Å². The van der Waals surface area contributed by atoms with Crippen LogP contribution in [-0.2, 0) is 19.5 Å². The van der Waals surface area contributed by atoms with Gasteiger partial charge in [-0.2, -0.15) is 5.10 Å². The van der Waals surface area contributed by atoms with Crippen LogP contribution in [0.25, 0.3) is 5.69 Å². The summed E-state index contributed by atoms with van der Waals surface area (Å²) in [5, 5.41) is 4.26. The van der Waals surface area contributed by atoms with Gasteiger partial charge in [-0.05, 0) is 84.1 Å². The highest BCUT2D eigenvalue weighted by atomic mass is 79.9. The van der Waals surface area contributed by atoms with Crippen molar-refractivity contribution in [2.45, 2.75) is 40.3 Å². The van der Waals surface area contributed by atoms with E-state index in [-0.39, 0.29) is 5.91 Å². The number of carbonyl (C=O) groups excluding carboxylic acids is 1. The molecule has 0 atom stereocenters. The second-order valence-corrected chi connectivity index (χ2v) is 10.5. The average molecular weight is 556 g/mol. The summed E-state index contributed by atoms with van der Waals surface area (Å²) in [6.07, 6.45) is 2.79. The zero-order valence-corrected chi connectivity index (χ0v) is 23.0. The zero-order valence-electron chi connectivity index (χ0n) is 21.5. The summed E-state index contributed by atoms with van der Waals surface area (Å²) < 4.78 is 3.15. The van der Waals surface area contributed by atoms with Gasteiger partial charge in [0.25, 0.3) is 5.91 Å². The maximum Gasteiger partial charge on any atom is 0.271 e. The number of nitrogens with zero attached hydrogens (tertiary/aromatic N) is 3. The molecular weight excluding hydrogens is 524 g/mol. The lowest BCUT2D eigenvalue weighted by molar-refractivity contribution is 0.0955. The number of aromatic nitrogens is 1. The number of hydrogen-bond donors (Lipinski definition) is 1.